The van der Waals surface area contributed by atoms with Gasteiger partial charge in [0.05, 0.1) is 12.3 Å². The number of carbonyl (C=O) groups is 1. The molecule has 144 valence electrons. The zero-order valence-electron chi connectivity index (χ0n) is 16.2. The second-order valence-electron chi connectivity index (χ2n) is 7.15. The van der Waals surface area contributed by atoms with Gasteiger partial charge in [-0.05, 0) is 65.5 Å². The molecule has 0 radical (unpaired) electrons. The minimum atomic E-state index is -0.152. The minimum absolute atomic E-state index is 0.152. The summed E-state index contributed by atoms with van der Waals surface area (Å²) in [5.74, 6) is 0.551. The molecule has 0 spiro atoms. The van der Waals surface area contributed by atoms with E-state index in [1.54, 1.807) is 0 Å². The van der Waals surface area contributed by atoms with E-state index < -0.39 is 0 Å². The fourth-order valence-corrected chi connectivity index (χ4v) is 3.84. The highest BCUT2D eigenvalue weighted by Gasteiger charge is 2.29. The first-order chi connectivity index (χ1) is 12.2. The first kappa shape index (κ1) is 20.0. The summed E-state index contributed by atoms with van der Waals surface area (Å²) in [6.07, 6.45) is 6.45. The molecule has 1 unspecified atom stereocenters. The summed E-state index contributed by atoms with van der Waals surface area (Å²) in [5, 5.41) is 4.28. The Labute approximate surface area is 152 Å². The normalized spacial score (nSPS) is 24.0. The quantitative estimate of drug-likeness (QED) is 0.416. The molecule has 0 saturated carbocycles. The van der Waals surface area contributed by atoms with Gasteiger partial charge in [-0.1, -0.05) is 12.1 Å². The molecule has 1 atom stereocenters. The van der Waals surface area contributed by atoms with Gasteiger partial charge in [0, 0.05) is 25.0 Å². The third-order valence-electron chi connectivity index (χ3n) is 5.36. The molecule has 0 aromatic rings. The lowest BCUT2D eigenvalue weighted by atomic mass is 9.91. The van der Waals surface area contributed by atoms with Crippen LogP contribution in [-0.2, 0) is 9.57 Å². The van der Waals surface area contributed by atoms with Crippen LogP contribution >= 0.6 is 0 Å². The van der Waals surface area contributed by atoms with E-state index in [0.717, 1.165) is 64.0 Å². The van der Waals surface area contributed by atoms with Gasteiger partial charge in [0.1, 0.15) is 6.61 Å². The van der Waals surface area contributed by atoms with E-state index in [9.17, 15) is 4.79 Å². The molecule has 2 aliphatic rings. The average Bonchev–Trinajstić information content (AvgIpc) is 2.88. The van der Waals surface area contributed by atoms with Gasteiger partial charge >= 0.3 is 6.09 Å². The summed E-state index contributed by atoms with van der Waals surface area (Å²) in [6, 6.07) is 0.592. The highest BCUT2D eigenvalue weighted by atomic mass is 16.6. The van der Waals surface area contributed by atoms with Gasteiger partial charge in [0.2, 0.25) is 0 Å². The van der Waals surface area contributed by atoms with Gasteiger partial charge in [0.15, 0.2) is 0 Å². The SMILES string of the molecule is CCCON=C(C)C1CCN(C2CCCN(C(=O)OCC)CC2)CC1. The fourth-order valence-electron chi connectivity index (χ4n) is 3.84. The molecule has 0 aromatic heterocycles. The van der Waals surface area contributed by atoms with Gasteiger partial charge in [-0.2, -0.15) is 0 Å². The van der Waals surface area contributed by atoms with Crippen LogP contribution in [0, 0.1) is 5.92 Å². The van der Waals surface area contributed by atoms with Crippen LogP contribution in [-0.4, -0.2) is 67.0 Å². The smallest absolute Gasteiger partial charge is 0.409 e. The van der Waals surface area contributed by atoms with Crippen LogP contribution in [0.1, 0.15) is 59.3 Å². The Morgan fingerprint density at radius 1 is 1.08 bits per heavy atom. The third-order valence-corrected chi connectivity index (χ3v) is 5.36. The molecular weight excluding hydrogens is 318 g/mol. The maximum atomic E-state index is 11.9. The van der Waals surface area contributed by atoms with Crippen molar-refractivity contribution >= 4 is 11.8 Å². The van der Waals surface area contributed by atoms with Crippen LogP contribution < -0.4 is 0 Å². The van der Waals surface area contributed by atoms with E-state index in [-0.39, 0.29) is 6.09 Å². The molecule has 0 aliphatic carbocycles. The predicted molar refractivity (Wildman–Crippen MR) is 99.9 cm³/mol. The van der Waals surface area contributed by atoms with E-state index in [4.69, 9.17) is 9.57 Å². The zero-order chi connectivity index (χ0) is 18.1. The lowest BCUT2D eigenvalue weighted by molar-refractivity contribution is 0.104. The summed E-state index contributed by atoms with van der Waals surface area (Å²) < 4.78 is 5.15. The monoisotopic (exact) mass is 353 g/mol. The molecule has 2 fully saturated rings. The van der Waals surface area contributed by atoms with Crippen molar-refractivity contribution in [1.29, 1.82) is 0 Å². The zero-order valence-corrected chi connectivity index (χ0v) is 16.2. The van der Waals surface area contributed by atoms with Crippen LogP contribution in [0.2, 0.25) is 0 Å². The summed E-state index contributed by atoms with van der Waals surface area (Å²) in [5.41, 5.74) is 1.14. The molecular formula is C19H35N3O3. The van der Waals surface area contributed by atoms with Crippen molar-refractivity contribution in [1.82, 2.24) is 9.80 Å². The fraction of sp³-hybridized carbons (Fsp3) is 0.895. The number of rotatable bonds is 6. The summed E-state index contributed by atoms with van der Waals surface area (Å²) in [7, 11) is 0. The van der Waals surface area contributed by atoms with Crippen molar-refractivity contribution < 1.29 is 14.4 Å². The molecule has 2 heterocycles. The molecule has 2 aliphatic heterocycles. The molecule has 0 bridgehead atoms. The second-order valence-corrected chi connectivity index (χ2v) is 7.15. The topological polar surface area (TPSA) is 54.4 Å². The highest BCUT2D eigenvalue weighted by Crippen LogP contribution is 2.25. The lowest BCUT2D eigenvalue weighted by Crippen LogP contribution is -2.43. The Hall–Kier alpha value is -1.30. The average molecular weight is 354 g/mol. The Morgan fingerprint density at radius 3 is 2.52 bits per heavy atom. The molecule has 2 saturated heterocycles. The molecule has 0 aromatic carbocycles. The second kappa shape index (κ2) is 10.6. The number of carbonyl (C=O) groups excluding carboxylic acids is 1. The number of piperidine rings is 1. The molecule has 25 heavy (non-hydrogen) atoms. The van der Waals surface area contributed by atoms with E-state index in [1.807, 2.05) is 11.8 Å². The Kier molecular flexibility index (Phi) is 8.52. The summed E-state index contributed by atoms with van der Waals surface area (Å²) in [6.45, 7) is 11.1. The standard InChI is InChI=1S/C19H35N3O3/c1-4-15-25-20-16(3)17-8-12-21(13-9-17)18-7-6-11-22(14-10-18)19(23)24-5-2/h17-18H,4-15H2,1-3H3. The largest absolute Gasteiger partial charge is 0.450 e. The van der Waals surface area contributed by atoms with Crippen molar-refractivity contribution in [3.05, 3.63) is 0 Å². The Bertz CT molecular complexity index is 434. The van der Waals surface area contributed by atoms with Crippen LogP contribution in [0.15, 0.2) is 5.16 Å². The molecule has 2 rings (SSSR count). The van der Waals surface area contributed by atoms with Crippen molar-refractivity contribution in [3.8, 4) is 0 Å². The van der Waals surface area contributed by atoms with Crippen molar-refractivity contribution in [3.63, 3.8) is 0 Å². The Balaban J connectivity index is 1.77. The van der Waals surface area contributed by atoms with E-state index in [0.29, 0.717) is 25.2 Å². The number of hydrogen-bond donors (Lipinski definition) is 0. The van der Waals surface area contributed by atoms with Gasteiger partial charge in [-0.15, -0.1) is 0 Å². The minimum Gasteiger partial charge on any atom is -0.450 e. The van der Waals surface area contributed by atoms with Gasteiger partial charge in [0.25, 0.3) is 0 Å². The number of amides is 1. The molecule has 6 nitrogen and oxygen atoms in total. The maximum Gasteiger partial charge on any atom is 0.409 e. The van der Waals surface area contributed by atoms with Crippen LogP contribution in [0.5, 0.6) is 0 Å². The molecule has 6 heteroatoms. The molecule has 1 amide bonds. The number of oxime groups is 1. The van der Waals surface area contributed by atoms with Crippen molar-refractivity contribution in [2.75, 3.05) is 39.4 Å². The van der Waals surface area contributed by atoms with E-state index in [2.05, 4.69) is 23.9 Å². The number of hydrogen-bond acceptors (Lipinski definition) is 5. The first-order valence-corrected chi connectivity index (χ1v) is 9.97. The first-order valence-electron chi connectivity index (χ1n) is 9.97. The van der Waals surface area contributed by atoms with E-state index in [1.165, 1.54) is 6.42 Å². The summed E-state index contributed by atoms with van der Waals surface area (Å²) in [4.78, 5) is 21.8. The van der Waals surface area contributed by atoms with Crippen LogP contribution in [0.4, 0.5) is 4.79 Å². The van der Waals surface area contributed by atoms with Gasteiger partial charge in [-0.25, -0.2) is 4.79 Å². The summed E-state index contributed by atoms with van der Waals surface area (Å²) >= 11 is 0. The van der Waals surface area contributed by atoms with Gasteiger partial charge < -0.3 is 19.4 Å². The number of likely N-dealkylation sites (tertiary alicyclic amines) is 2. The van der Waals surface area contributed by atoms with Crippen molar-refractivity contribution in [2.45, 2.75) is 65.3 Å². The lowest BCUT2D eigenvalue weighted by Gasteiger charge is -2.37. The third kappa shape index (κ3) is 6.17. The number of nitrogens with zero attached hydrogens (tertiary/aromatic N) is 3. The van der Waals surface area contributed by atoms with Gasteiger partial charge in [-0.3, -0.25) is 0 Å². The van der Waals surface area contributed by atoms with E-state index >= 15 is 0 Å². The number of ether oxygens (including phenoxy) is 1. The highest BCUT2D eigenvalue weighted by molar-refractivity contribution is 5.83. The predicted octanol–water partition coefficient (Wildman–Crippen LogP) is 3.51. The van der Waals surface area contributed by atoms with Crippen LogP contribution in [0.3, 0.4) is 0 Å². The Morgan fingerprint density at radius 2 is 1.84 bits per heavy atom. The molecule has 0 N–H and O–H groups in total. The maximum absolute atomic E-state index is 11.9. The van der Waals surface area contributed by atoms with Crippen molar-refractivity contribution in [2.24, 2.45) is 11.1 Å². The van der Waals surface area contributed by atoms with Crippen LogP contribution in [0.25, 0.3) is 0 Å².